The number of esters is 1. The molecular formula is C27H31FN2O3. The molecule has 0 saturated heterocycles. The lowest BCUT2D eigenvalue weighted by molar-refractivity contribution is 0.0734. The second-order valence-electron chi connectivity index (χ2n) is 7.99. The number of aryl methyl sites for hydroxylation is 1. The number of rotatable bonds is 12. The van der Waals surface area contributed by atoms with Crippen LogP contribution in [-0.2, 0) is 6.42 Å². The molecule has 0 aliphatic rings. The van der Waals surface area contributed by atoms with Crippen LogP contribution in [0.3, 0.4) is 0 Å². The number of carbonyl (C=O) groups is 1. The highest BCUT2D eigenvalue weighted by molar-refractivity contribution is 5.91. The number of halogens is 1. The normalized spacial score (nSPS) is 10.8. The minimum absolute atomic E-state index is 0.127. The van der Waals surface area contributed by atoms with E-state index >= 15 is 0 Å². The van der Waals surface area contributed by atoms with Crippen LogP contribution in [0.15, 0.2) is 54.9 Å². The fourth-order valence-corrected chi connectivity index (χ4v) is 3.39. The van der Waals surface area contributed by atoms with Crippen molar-refractivity contribution in [2.24, 2.45) is 0 Å². The highest BCUT2D eigenvalue weighted by atomic mass is 19.1. The number of carbonyl (C=O) groups excluding carboxylic acids is 1. The Hall–Kier alpha value is -3.28. The Bertz CT molecular complexity index is 1020. The first-order valence-electron chi connectivity index (χ1n) is 11.7. The van der Waals surface area contributed by atoms with Crippen molar-refractivity contribution in [3.8, 4) is 22.9 Å². The number of ether oxygens (including phenoxy) is 2. The minimum atomic E-state index is -0.632. The SMILES string of the molecule is CCCCCCCOc1ccc(C(=O)Oc2ccc(-c3ncc(CCC)cn3)cc2)cc1F. The lowest BCUT2D eigenvalue weighted by Gasteiger charge is -2.09. The van der Waals surface area contributed by atoms with Gasteiger partial charge in [0.15, 0.2) is 17.4 Å². The molecule has 0 unspecified atom stereocenters. The molecule has 0 radical (unpaired) electrons. The molecule has 1 aromatic heterocycles. The number of unbranched alkanes of at least 4 members (excludes halogenated alkanes) is 4. The van der Waals surface area contributed by atoms with Crippen LogP contribution in [0.2, 0.25) is 0 Å². The average Bonchev–Trinajstić information content (AvgIpc) is 2.83. The van der Waals surface area contributed by atoms with Gasteiger partial charge in [-0.25, -0.2) is 19.2 Å². The zero-order chi connectivity index (χ0) is 23.5. The van der Waals surface area contributed by atoms with Crippen LogP contribution < -0.4 is 9.47 Å². The molecule has 1 heterocycles. The fourth-order valence-electron chi connectivity index (χ4n) is 3.39. The minimum Gasteiger partial charge on any atom is -0.491 e. The van der Waals surface area contributed by atoms with Gasteiger partial charge >= 0.3 is 5.97 Å². The monoisotopic (exact) mass is 450 g/mol. The molecule has 2 aromatic carbocycles. The van der Waals surface area contributed by atoms with E-state index in [9.17, 15) is 9.18 Å². The first-order chi connectivity index (χ1) is 16.1. The van der Waals surface area contributed by atoms with E-state index in [1.54, 1.807) is 24.3 Å². The van der Waals surface area contributed by atoms with Crippen molar-refractivity contribution in [3.63, 3.8) is 0 Å². The number of benzene rings is 2. The Morgan fingerprint density at radius 3 is 2.30 bits per heavy atom. The summed E-state index contributed by atoms with van der Waals surface area (Å²) in [6, 6.07) is 11.0. The third kappa shape index (κ3) is 7.38. The summed E-state index contributed by atoms with van der Waals surface area (Å²) < 4.78 is 25.2. The summed E-state index contributed by atoms with van der Waals surface area (Å²) in [5, 5.41) is 0. The van der Waals surface area contributed by atoms with Crippen molar-refractivity contribution >= 4 is 5.97 Å². The predicted molar refractivity (Wildman–Crippen MR) is 127 cm³/mol. The van der Waals surface area contributed by atoms with Gasteiger partial charge < -0.3 is 9.47 Å². The van der Waals surface area contributed by atoms with Gasteiger partial charge in [-0.1, -0.05) is 46.0 Å². The van der Waals surface area contributed by atoms with Crippen LogP contribution in [-0.4, -0.2) is 22.5 Å². The van der Waals surface area contributed by atoms with Crippen LogP contribution in [0.5, 0.6) is 11.5 Å². The van der Waals surface area contributed by atoms with Crippen molar-refractivity contribution < 1.29 is 18.7 Å². The van der Waals surface area contributed by atoms with Gasteiger partial charge in [0.1, 0.15) is 5.75 Å². The maximum absolute atomic E-state index is 14.3. The molecule has 0 saturated carbocycles. The molecule has 3 rings (SSSR count). The van der Waals surface area contributed by atoms with Crippen LogP contribution >= 0.6 is 0 Å². The zero-order valence-electron chi connectivity index (χ0n) is 19.4. The van der Waals surface area contributed by atoms with Gasteiger partial charge in [0, 0.05) is 18.0 Å². The third-order valence-corrected chi connectivity index (χ3v) is 5.24. The van der Waals surface area contributed by atoms with Crippen LogP contribution in [0, 0.1) is 5.82 Å². The van der Waals surface area contributed by atoms with E-state index in [1.165, 1.54) is 25.0 Å². The second kappa shape index (κ2) is 12.7. The molecule has 0 atom stereocenters. The molecule has 0 aliphatic heterocycles. The Kier molecular flexibility index (Phi) is 9.36. The maximum Gasteiger partial charge on any atom is 0.343 e. The van der Waals surface area contributed by atoms with Gasteiger partial charge in [-0.2, -0.15) is 0 Å². The molecule has 33 heavy (non-hydrogen) atoms. The van der Waals surface area contributed by atoms with Crippen molar-refractivity contribution in [3.05, 3.63) is 71.8 Å². The summed E-state index contributed by atoms with van der Waals surface area (Å²) in [5.74, 6) is -0.0868. The van der Waals surface area contributed by atoms with E-state index in [0.717, 1.165) is 49.3 Å². The number of nitrogens with zero attached hydrogens (tertiary/aromatic N) is 2. The van der Waals surface area contributed by atoms with Gasteiger partial charge in [0.2, 0.25) is 0 Å². The highest BCUT2D eigenvalue weighted by Crippen LogP contribution is 2.22. The van der Waals surface area contributed by atoms with Gasteiger partial charge in [0.25, 0.3) is 0 Å². The first kappa shape index (κ1) is 24.4. The van der Waals surface area contributed by atoms with E-state index in [0.29, 0.717) is 18.2 Å². The molecule has 174 valence electrons. The quantitative estimate of drug-likeness (QED) is 0.172. The average molecular weight is 451 g/mol. The predicted octanol–water partition coefficient (Wildman–Crippen LogP) is 6.80. The summed E-state index contributed by atoms with van der Waals surface area (Å²) in [5.41, 5.74) is 2.05. The Morgan fingerprint density at radius 2 is 1.64 bits per heavy atom. The number of hydrogen-bond donors (Lipinski definition) is 0. The molecular weight excluding hydrogens is 419 g/mol. The van der Waals surface area contributed by atoms with E-state index in [2.05, 4.69) is 23.8 Å². The smallest absolute Gasteiger partial charge is 0.343 e. The van der Waals surface area contributed by atoms with Crippen molar-refractivity contribution in [2.75, 3.05) is 6.61 Å². The van der Waals surface area contributed by atoms with Gasteiger partial charge in [-0.05, 0) is 60.9 Å². The van der Waals surface area contributed by atoms with Gasteiger partial charge in [-0.15, -0.1) is 0 Å². The first-order valence-corrected chi connectivity index (χ1v) is 11.7. The molecule has 6 heteroatoms. The molecule has 0 aliphatic carbocycles. The standard InChI is InChI=1S/C27H31FN2O3/c1-3-5-6-7-8-16-32-25-15-12-22(17-24(25)28)27(31)33-23-13-10-21(11-14-23)26-29-18-20(9-4-2)19-30-26/h10-15,17-19H,3-9,16H2,1-2H3. The number of aromatic nitrogens is 2. The van der Waals surface area contributed by atoms with Crippen LogP contribution in [0.25, 0.3) is 11.4 Å². The Balaban J connectivity index is 1.54. The van der Waals surface area contributed by atoms with E-state index in [4.69, 9.17) is 9.47 Å². The highest BCUT2D eigenvalue weighted by Gasteiger charge is 2.13. The van der Waals surface area contributed by atoms with E-state index in [-0.39, 0.29) is 11.3 Å². The summed E-state index contributed by atoms with van der Waals surface area (Å²) in [4.78, 5) is 21.2. The topological polar surface area (TPSA) is 61.3 Å². The van der Waals surface area contributed by atoms with Crippen molar-refractivity contribution in [1.29, 1.82) is 0 Å². The largest absolute Gasteiger partial charge is 0.491 e. The third-order valence-electron chi connectivity index (χ3n) is 5.24. The molecule has 0 amide bonds. The maximum atomic E-state index is 14.3. The Labute approximate surface area is 195 Å². The lowest BCUT2D eigenvalue weighted by Crippen LogP contribution is -2.09. The van der Waals surface area contributed by atoms with Crippen LogP contribution in [0.4, 0.5) is 4.39 Å². The lowest BCUT2D eigenvalue weighted by atomic mass is 10.1. The van der Waals surface area contributed by atoms with Crippen molar-refractivity contribution in [2.45, 2.75) is 58.8 Å². The fraction of sp³-hybridized carbons (Fsp3) is 0.370. The molecule has 5 nitrogen and oxygen atoms in total. The van der Waals surface area contributed by atoms with Crippen molar-refractivity contribution in [1.82, 2.24) is 9.97 Å². The van der Waals surface area contributed by atoms with Gasteiger partial charge in [-0.3, -0.25) is 0 Å². The molecule has 0 fully saturated rings. The summed E-state index contributed by atoms with van der Waals surface area (Å²) >= 11 is 0. The Morgan fingerprint density at radius 1 is 0.909 bits per heavy atom. The molecule has 0 spiro atoms. The summed E-state index contributed by atoms with van der Waals surface area (Å²) in [6.45, 7) is 4.73. The van der Waals surface area contributed by atoms with E-state index in [1.807, 2.05) is 12.4 Å². The second-order valence-corrected chi connectivity index (χ2v) is 7.99. The molecule has 0 N–H and O–H groups in total. The summed E-state index contributed by atoms with van der Waals surface area (Å²) in [7, 11) is 0. The molecule has 3 aromatic rings. The summed E-state index contributed by atoms with van der Waals surface area (Å²) in [6.07, 6.45) is 11.1. The van der Waals surface area contributed by atoms with Gasteiger partial charge in [0.05, 0.1) is 12.2 Å². The molecule has 0 bridgehead atoms. The van der Waals surface area contributed by atoms with E-state index < -0.39 is 11.8 Å². The number of hydrogen-bond acceptors (Lipinski definition) is 5. The van der Waals surface area contributed by atoms with Crippen LogP contribution in [0.1, 0.15) is 68.3 Å². The zero-order valence-corrected chi connectivity index (χ0v) is 19.4.